The van der Waals surface area contributed by atoms with Crippen molar-refractivity contribution in [3.05, 3.63) is 57.4 Å². The standard InChI is InChI=1S/C17H22N4O3/c1-5-15(14-8-6-11(2)7-9-14)18-17(22)13(4)20-10-16(21(23)24)12(3)19-20/h6-10,13,15H,5H2,1-4H3,(H,18,22). The number of nitrogens with zero attached hydrogens (tertiary/aromatic N) is 3. The van der Waals surface area contributed by atoms with Crippen LogP contribution in [-0.4, -0.2) is 20.6 Å². The van der Waals surface area contributed by atoms with Gasteiger partial charge >= 0.3 is 5.69 Å². The van der Waals surface area contributed by atoms with Crippen LogP contribution in [0.15, 0.2) is 30.5 Å². The number of hydrogen-bond acceptors (Lipinski definition) is 4. The van der Waals surface area contributed by atoms with Crippen LogP contribution in [0.5, 0.6) is 0 Å². The second-order valence-electron chi connectivity index (χ2n) is 5.89. The fourth-order valence-electron chi connectivity index (χ4n) is 2.48. The Bertz CT molecular complexity index is 737. The molecule has 2 unspecified atom stereocenters. The van der Waals surface area contributed by atoms with Gasteiger partial charge in [0.2, 0.25) is 5.91 Å². The number of nitro groups is 1. The topological polar surface area (TPSA) is 90.1 Å². The minimum Gasteiger partial charge on any atom is -0.347 e. The van der Waals surface area contributed by atoms with Gasteiger partial charge in [0.1, 0.15) is 17.9 Å². The van der Waals surface area contributed by atoms with Crippen LogP contribution in [0.25, 0.3) is 0 Å². The maximum atomic E-state index is 12.5. The summed E-state index contributed by atoms with van der Waals surface area (Å²) in [4.78, 5) is 22.9. The monoisotopic (exact) mass is 330 g/mol. The molecule has 0 spiro atoms. The summed E-state index contributed by atoms with van der Waals surface area (Å²) in [5, 5.41) is 18.0. The number of benzene rings is 1. The third kappa shape index (κ3) is 3.79. The van der Waals surface area contributed by atoms with Crippen molar-refractivity contribution in [3.63, 3.8) is 0 Å². The zero-order chi connectivity index (χ0) is 17.9. The second kappa shape index (κ2) is 7.25. The fraction of sp³-hybridized carbons (Fsp3) is 0.412. The maximum absolute atomic E-state index is 12.5. The van der Waals surface area contributed by atoms with Gasteiger partial charge < -0.3 is 5.32 Å². The molecule has 1 heterocycles. The van der Waals surface area contributed by atoms with Gasteiger partial charge in [-0.3, -0.25) is 19.6 Å². The molecule has 1 N–H and O–H groups in total. The smallest absolute Gasteiger partial charge is 0.309 e. The van der Waals surface area contributed by atoms with Gasteiger partial charge in [0, 0.05) is 0 Å². The number of nitrogens with one attached hydrogen (secondary N) is 1. The van der Waals surface area contributed by atoms with Crippen LogP contribution in [-0.2, 0) is 4.79 Å². The molecule has 7 heteroatoms. The van der Waals surface area contributed by atoms with Crippen molar-refractivity contribution in [2.24, 2.45) is 0 Å². The van der Waals surface area contributed by atoms with Crippen molar-refractivity contribution >= 4 is 11.6 Å². The number of rotatable bonds is 6. The molecule has 0 fully saturated rings. The van der Waals surface area contributed by atoms with Crippen molar-refractivity contribution in [2.45, 2.75) is 46.2 Å². The SMILES string of the molecule is CCC(NC(=O)C(C)n1cc([N+](=O)[O-])c(C)n1)c1ccc(C)cc1. The van der Waals surface area contributed by atoms with Gasteiger partial charge in [0.25, 0.3) is 0 Å². The number of aryl methyl sites for hydroxylation is 2. The van der Waals surface area contributed by atoms with E-state index >= 15 is 0 Å². The van der Waals surface area contributed by atoms with Gasteiger partial charge in [-0.15, -0.1) is 0 Å². The average molecular weight is 330 g/mol. The average Bonchev–Trinajstić information content (AvgIpc) is 2.94. The first-order valence-corrected chi connectivity index (χ1v) is 7.90. The van der Waals surface area contributed by atoms with E-state index in [1.54, 1.807) is 13.8 Å². The summed E-state index contributed by atoms with van der Waals surface area (Å²) in [5.74, 6) is -0.222. The highest BCUT2D eigenvalue weighted by Crippen LogP contribution is 2.21. The van der Waals surface area contributed by atoms with Crippen molar-refractivity contribution in [1.29, 1.82) is 0 Å². The Morgan fingerprint density at radius 2 is 1.96 bits per heavy atom. The molecule has 0 aliphatic rings. The highest BCUT2D eigenvalue weighted by atomic mass is 16.6. The fourth-order valence-corrected chi connectivity index (χ4v) is 2.48. The van der Waals surface area contributed by atoms with E-state index in [4.69, 9.17) is 0 Å². The van der Waals surface area contributed by atoms with E-state index in [2.05, 4.69) is 10.4 Å². The van der Waals surface area contributed by atoms with Crippen LogP contribution in [0.2, 0.25) is 0 Å². The summed E-state index contributed by atoms with van der Waals surface area (Å²) >= 11 is 0. The zero-order valence-corrected chi connectivity index (χ0v) is 14.3. The summed E-state index contributed by atoms with van der Waals surface area (Å²) in [7, 11) is 0. The number of carbonyl (C=O) groups excluding carboxylic acids is 1. The molecule has 2 rings (SSSR count). The summed E-state index contributed by atoms with van der Waals surface area (Å²) in [6.07, 6.45) is 2.05. The highest BCUT2D eigenvalue weighted by Gasteiger charge is 2.23. The first-order valence-electron chi connectivity index (χ1n) is 7.90. The van der Waals surface area contributed by atoms with E-state index in [0.29, 0.717) is 5.69 Å². The summed E-state index contributed by atoms with van der Waals surface area (Å²) < 4.78 is 1.34. The van der Waals surface area contributed by atoms with Crippen LogP contribution in [0.1, 0.15) is 49.2 Å². The van der Waals surface area contributed by atoms with Crippen LogP contribution in [0.4, 0.5) is 5.69 Å². The molecule has 0 saturated heterocycles. The Kier molecular flexibility index (Phi) is 5.33. The Balaban J connectivity index is 2.13. The third-order valence-electron chi connectivity index (χ3n) is 4.07. The lowest BCUT2D eigenvalue weighted by atomic mass is 10.0. The van der Waals surface area contributed by atoms with Crippen molar-refractivity contribution in [3.8, 4) is 0 Å². The van der Waals surface area contributed by atoms with Crippen LogP contribution >= 0.6 is 0 Å². The van der Waals surface area contributed by atoms with Crippen LogP contribution in [0.3, 0.4) is 0 Å². The van der Waals surface area contributed by atoms with E-state index in [-0.39, 0.29) is 17.6 Å². The van der Waals surface area contributed by atoms with Gasteiger partial charge in [0.05, 0.1) is 11.0 Å². The van der Waals surface area contributed by atoms with Gasteiger partial charge in [-0.1, -0.05) is 36.8 Å². The lowest BCUT2D eigenvalue weighted by Gasteiger charge is -2.20. The van der Waals surface area contributed by atoms with Crippen molar-refractivity contribution < 1.29 is 9.72 Å². The van der Waals surface area contributed by atoms with Gasteiger partial charge in [-0.2, -0.15) is 5.10 Å². The van der Waals surface area contributed by atoms with Crippen LogP contribution < -0.4 is 5.32 Å². The Labute approximate surface area is 140 Å². The highest BCUT2D eigenvalue weighted by molar-refractivity contribution is 5.80. The molecule has 1 amide bonds. The molecule has 1 aromatic carbocycles. The predicted octanol–water partition coefficient (Wildman–Crippen LogP) is 3.24. The molecule has 2 atom stereocenters. The first-order chi connectivity index (χ1) is 11.3. The first kappa shape index (κ1) is 17.7. The van der Waals surface area contributed by atoms with E-state index < -0.39 is 11.0 Å². The van der Waals surface area contributed by atoms with E-state index in [0.717, 1.165) is 17.5 Å². The van der Waals surface area contributed by atoms with E-state index in [1.165, 1.54) is 10.9 Å². The molecular formula is C17H22N4O3. The molecule has 0 bridgehead atoms. The molecular weight excluding hydrogens is 308 g/mol. The lowest BCUT2D eigenvalue weighted by molar-refractivity contribution is -0.385. The molecule has 24 heavy (non-hydrogen) atoms. The molecule has 0 aliphatic carbocycles. The Morgan fingerprint density at radius 1 is 1.33 bits per heavy atom. The predicted molar refractivity (Wildman–Crippen MR) is 90.7 cm³/mol. The molecule has 0 radical (unpaired) electrons. The molecule has 7 nitrogen and oxygen atoms in total. The molecule has 0 aliphatic heterocycles. The van der Waals surface area contributed by atoms with Crippen molar-refractivity contribution in [2.75, 3.05) is 0 Å². The molecule has 0 saturated carbocycles. The molecule has 2 aromatic rings. The quantitative estimate of drug-likeness (QED) is 0.650. The molecule has 1 aromatic heterocycles. The largest absolute Gasteiger partial charge is 0.347 e. The van der Waals surface area contributed by atoms with Crippen LogP contribution in [0, 0.1) is 24.0 Å². The zero-order valence-electron chi connectivity index (χ0n) is 14.3. The Hall–Kier alpha value is -2.70. The number of aromatic nitrogens is 2. The van der Waals surface area contributed by atoms with E-state index in [9.17, 15) is 14.9 Å². The summed E-state index contributed by atoms with van der Waals surface area (Å²) in [6.45, 7) is 7.24. The number of amides is 1. The Morgan fingerprint density at radius 3 is 2.46 bits per heavy atom. The van der Waals surface area contributed by atoms with E-state index in [1.807, 2.05) is 38.1 Å². The number of carbonyl (C=O) groups is 1. The summed E-state index contributed by atoms with van der Waals surface area (Å²) in [6, 6.07) is 7.28. The van der Waals surface area contributed by atoms with Gasteiger partial charge in [-0.25, -0.2) is 0 Å². The third-order valence-corrected chi connectivity index (χ3v) is 4.07. The minimum atomic E-state index is -0.628. The minimum absolute atomic E-state index is 0.0831. The van der Waals surface area contributed by atoms with Gasteiger partial charge in [0.15, 0.2) is 0 Å². The lowest BCUT2D eigenvalue weighted by Crippen LogP contribution is -2.34. The number of hydrogen-bond donors (Lipinski definition) is 1. The summed E-state index contributed by atoms with van der Waals surface area (Å²) in [5.41, 5.74) is 2.41. The van der Waals surface area contributed by atoms with Crippen molar-refractivity contribution in [1.82, 2.24) is 15.1 Å². The van der Waals surface area contributed by atoms with Gasteiger partial charge in [-0.05, 0) is 32.8 Å². The maximum Gasteiger partial charge on any atom is 0.309 e. The second-order valence-corrected chi connectivity index (χ2v) is 5.89. The normalized spacial score (nSPS) is 13.3. The molecule has 128 valence electrons.